The zero-order chi connectivity index (χ0) is 98.7. The van der Waals surface area contributed by atoms with Gasteiger partial charge in [0.1, 0.15) is 90.3 Å². The Kier molecular flexibility index (Phi) is 37.7. The molecule has 4 aliphatic rings. The summed E-state index contributed by atoms with van der Waals surface area (Å²) in [6.07, 6.45) is 7.22. The standard InChI is InChI=1S/C91H124N24O20S/c1-49(2)33-64-89(134)115-44-56(118)38-73(115)85(130)104-62(35-52-40-98-59-21-15-13-19-57(52)59)80(125)109-68(45-116)82(127)108-66(36-53-41-99-60-22-16-14-20-58(53)60)87(132)113(6)72-25-12-10-8-7-9-11-24-70(112(5)90(72)135)83(128)103-61(23-17-31-97-91(94)95)79(124)110-69(78(123)100-43-75(93)120)46-136-47-76(121)102-65(34-51-27-29-55(117)30-28-51)86(131)111(4)50(3)77(122)106-67(39-74(92)119)88(133)114-32-18-26-71(114)84(129)105-63(81(126)107-64)37-54-42-96-48-101-54/h7-8,13-16,19-22,27-30,40-42,48-50,56,61-73,98-99,116-118H,9-12,17-18,23-26,31-39,43-47H2,1-6H3,(H2,92,119)(H2,93,120)(H,96,101)(H,100,123)(H,102,121)(H,103,128)(H,104,130)(H,105,129)(H,106,122)(H,107,126)(H,108,127)(H,109,125)(H,110,124)(H4,94,95,97)/b8-7-/t50-,56+,61-,62-,63-,64-,65-,66-,67-,68-,69-,70-,71-,72-,73-/m0/s1. The fourth-order valence-electron chi connectivity index (χ4n) is 17.1. The van der Waals surface area contributed by atoms with Crippen LogP contribution < -0.4 is 75.7 Å². The van der Waals surface area contributed by atoms with Crippen LogP contribution in [0, 0.1) is 11.3 Å². The summed E-state index contributed by atoms with van der Waals surface area (Å²) in [5.74, 6) is -18.1. The van der Waals surface area contributed by atoms with Crippen molar-refractivity contribution in [1.82, 2.24) is 103 Å². The van der Waals surface area contributed by atoms with Crippen molar-refractivity contribution in [3.8, 4) is 5.75 Å². The lowest BCUT2D eigenvalue weighted by Crippen LogP contribution is -2.62. The molecule has 7 heterocycles. The number of imidazole rings is 1. The van der Waals surface area contributed by atoms with E-state index in [-0.39, 0.29) is 95.4 Å². The summed E-state index contributed by atoms with van der Waals surface area (Å²) in [7, 11) is 3.90. The number of phenols is 1. The van der Waals surface area contributed by atoms with Gasteiger partial charge in [-0.3, -0.25) is 86.9 Å². The molecule has 4 aliphatic heterocycles. The third-order valence-electron chi connectivity index (χ3n) is 24.5. The first-order valence-electron chi connectivity index (χ1n) is 45.3. The molecule has 0 spiro atoms. The van der Waals surface area contributed by atoms with Gasteiger partial charge in [0.05, 0.1) is 37.8 Å². The van der Waals surface area contributed by atoms with Gasteiger partial charge >= 0.3 is 0 Å². The van der Waals surface area contributed by atoms with Crippen molar-refractivity contribution in [3.63, 3.8) is 0 Å². The number of aliphatic hydroxyl groups is 2. The van der Waals surface area contributed by atoms with E-state index in [0.717, 1.165) is 36.3 Å². The first-order chi connectivity index (χ1) is 64.9. The molecule has 0 unspecified atom stereocenters. The Morgan fingerprint density at radius 3 is 1.68 bits per heavy atom. The quantitative estimate of drug-likeness (QED) is 0.0153. The smallest absolute Gasteiger partial charge is 0.246 e. The number of H-pyrrole nitrogens is 3. The fourth-order valence-corrected chi connectivity index (χ4v) is 17.9. The normalized spacial score (nSPS) is 25.6. The van der Waals surface area contributed by atoms with Crippen LogP contribution in [-0.4, -0.2) is 322 Å². The molecule has 6 aromatic rings. The van der Waals surface area contributed by atoms with Crippen molar-refractivity contribution < 1.29 is 96.8 Å². The molecule has 734 valence electrons. The number of para-hydroxylation sites is 2. The molecule has 44 nitrogen and oxygen atoms in total. The number of amides is 17. The summed E-state index contributed by atoms with van der Waals surface area (Å²) in [4.78, 5) is 269. The van der Waals surface area contributed by atoms with Gasteiger partial charge in [0, 0.05) is 125 Å². The number of aromatic hydroxyl groups is 1. The van der Waals surface area contributed by atoms with E-state index in [1.807, 2.05) is 12.2 Å². The maximum absolute atomic E-state index is 15.8. The minimum atomic E-state index is -1.90. The monoisotopic (exact) mass is 1900 g/mol. The third-order valence-corrected chi connectivity index (χ3v) is 25.6. The summed E-state index contributed by atoms with van der Waals surface area (Å²) in [6, 6.07) is -2.31. The third kappa shape index (κ3) is 28.6. The van der Waals surface area contributed by atoms with Crippen LogP contribution in [0.4, 0.5) is 0 Å². The van der Waals surface area contributed by atoms with E-state index in [4.69, 9.17) is 22.6 Å². The van der Waals surface area contributed by atoms with Gasteiger partial charge in [-0.15, -0.1) is 11.8 Å². The number of carbonyl (C=O) groups is 17. The average molecular weight is 1910 g/mol. The maximum atomic E-state index is 15.8. The second kappa shape index (κ2) is 49.3. The van der Waals surface area contributed by atoms with Gasteiger partial charge in [-0.05, 0) is 124 Å². The molecule has 3 aromatic carbocycles. The Balaban J connectivity index is 1.02. The Bertz CT molecular complexity index is 5340. The Labute approximate surface area is 788 Å². The molecule has 0 radical (unpaired) electrons. The molecule has 24 N–H and O–H groups in total. The molecule has 0 aliphatic carbocycles. The lowest BCUT2D eigenvalue weighted by Gasteiger charge is -2.36. The number of phenolic OH excluding ortho intramolecular Hbond substituents is 1. The molecule has 3 saturated heterocycles. The number of hydrogen-bond acceptors (Lipinski definition) is 23. The number of carbonyl (C=O) groups excluding carboxylic acids is 17. The number of aromatic nitrogens is 4. The number of hydrogen-bond donors (Lipinski definition) is 21. The number of aliphatic hydroxyl groups excluding tert-OH is 2. The second-order valence-electron chi connectivity index (χ2n) is 35.0. The number of aromatic amines is 3. The predicted octanol–water partition coefficient (Wildman–Crippen LogP) is -3.40. The largest absolute Gasteiger partial charge is 0.508 e. The van der Waals surface area contributed by atoms with Crippen LogP contribution >= 0.6 is 11.8 Å². The summed E-state index contributed by atoms with van der Waals surface area (Å²) >= 11 is 0.760. The topological polar surface area (TPSA) is 662 Å². The van der Waals surface area contributed by atoms with Gasteiger partial charge in [-0.25, -0.2) is 4.98 Å². The van der Waals surface area contributed by atoms with Crippen molar-refractivity contribution in [2.24, 2.45) is 23.1 Å². The van der Waals surface area contributed by atoms with E-state index in [1.165, 1.54) is 64.9 Å². The summed E-state index contributed by atoms with van der Waals surface area (Å²) in [5, 5.41) is 71.1. The number of thioether (sulfide) groups is 1. The van der Waals surface area contributed by atoms with E-state index in [9.17, 15) is 58.5 Å². The number of primary amides is 2. The average Bonchev–Trinajstić information content (AvgIpc) is 1.63. The second-order valence-corrected chi connectivity index (χ2v) is 36.1. The number of nitrogens with one attached hydrogen (secondary N) is 15. The molecule has 3 fully saturated rings. The molecule has 2 bridgehead atoms. The molecule has 0 saturated carbocycles. The molecule has 136 heavy (non-hydrogen) atoms. The van der Waals surface area contributed by atoms with E-state index >= 15 is 38.4 Å². The van der Waals surface area contributed by atoms with Gasteiger partial charge in [0.2, 0.25) is 100 Å². The number of fused-ring (bicyclic) bond motifs is 7. The summed E-state index contributed by atoms with van der Waals surface area (Å²) in [6.45, 7) is 2.33. The number of nitrogens with zero attached hydrogens (tertiary/aromatic N) is 6. The fraction of sp³-hybridized carbons (Fsp3) is 0.505. The van der Waals surface area contributed by atoms with E-state index in [1.54, 1.807) is 74.8 Å². The SMILES string of the molecule is CC(C)C[C@@H]1NC(=O)[C@H](Cc2cnc[nH]2)NC(=O)[C@@H]2CCCN2C(=O)[C@H](CC(N)=O)NC(=O)[C@H](C)N(C)C(=O)[C@H](Cc2ccc(O)cc2)NC(=O)CSC[C@@H](C(=O)NCC(N)=O)NC(=O)[C@H](CCCNC(=N)N)NC(=O)[C@@H]2CCC/C=C\CCC[C@@H](C(=O)N2C)N(C)C(=O)[C@H](Cc2c[nH]c3ccccc23)NC(=O)[C@H](CO)NC(=O)[C@H](Cc2c[nH]c3ccccc23)NC(=O)[C@@H]2C[C@@H](O)CN2C1=O. The first kappa shape index (κ1) is 104. The Morgan fingerprint density at radius 1 is 0.544 bits per heavy atom. The van der Waals surface area contributed by atoms with Crippen LogP contribution in [0.1, 0.15) is 127 Å². The molecule has 15 atom stereocenters. The van der Waals surface area contributed by atoms with E-state index in [2.05, 4.69) is 78.4 Å². The first-order valence-corrected chi connectivity index (χ1v) is 46.5. The van der Waals surface area contributed by atoms with Gasteiger partial charge < -0.3 is 130 Å². The number of rotatable bonds is 20. The van der Waals surface area contributed by atoms with Gasteiger partial charge in [0.15, 0.2) is 5.96 Å². The highest BCUT2D eigenvalue weighted by atomic mass is 32.2. The van der Waals surface area contributed by atoms with Crippen LogP contribution in [0.15, 0.2) is 110 Å². The maximum Gasteiger partial charge on any atom is 0.246 e. The predicted molar refractivity (Wildman–Crippen MR) is 498 cm³/mol. The van der Waals surface area contributed by atoms with Crippen LogP contribution in [0.5, 0.6) is 5.75 Å². The number of benzene rings is 3. The van der Waals surface area contributed by atoms with Gasteiger partial charge in [-0.1, -0.05) is 74.5 Å². The van der Waals surface area contributed by atoms with Crippen LogP contribution in [0.25, 0.3) is 21.8 Å². The van der Waals surface area contributed by atoms with E-state index in [0.29, 0.717) is 69.9 Å². The molecular formula is C91H124N24O20S. The van der Waals surface area contributed by atoms with Gasteiger partial charge in [-0.2, -0.15) is 0 Å². The van der Waals surface area contributed by atoms with Crippen LogP contribution in [0.3, 0.4) is 0 Å². The highest BCUT2D eigenvalue weighted by Gasteiger charge is 2.47. The number of allylic oxidation sites excluding steroid dienone is 2. The number of likely N-dealkylation sites (N-methyl/N-ethyl adjacent to an activating group) is 3. The highest BCUT2D eigenvalue weighted by molar-refractivity contribution is 8.00. The zero-order valence-electron chi connectivity index (χ0n) is 76.7. The molecule has 3 aromatic heterocycles. The molecule has 10 rings (SSSR count). The van der Waals surface area contributed by atoms with Crippen molar-refractivity contribution in [1.29, 1.82) is 5.41 Å². The Morgan fingerprint density at radius 2 is 1.07 bits per heavy atom. The molecular weight excluding hydrogens is 1780 g/mol. The number of nitrogens with two attached hydrogens (primary N) is 3. The van der Waals surface area contributed by atoms with E-state index < -0.39 is 241 Å². The lowest BCUT2D eigenvalue weighted by molar-refractivity contribution is -0.149. The van der Waals surface area contributed by atoms with Gasteiger partial charge in [0.25, 0.3) is 0 Å². The van der Waals surface area contributed by atoms with Crippen molar-refractivity contribution in [3.05, 3.63) is 132 Å². The minimum Gasteiger partial charge on any atom is -0.508 e. The lowest BCUT2D eigenvalue weighted by atomic mass is 9.99. The van der Waals surface area contributed by atoms with Crippen molar-refractivity contribution in [2.75, 3.05) is 65.4 Å². The summed E-state index contributed by atoms with van der Waals surface area (Å²) < 4.78 is 0. The van der Waals surface area contributed by atoms with Crippen LogP contribution in [-0.2, 0) is 107 Å². The summed E-state index contributed by atoms with van der Waals surface area (Å²) in [5.41, 5.74) is 19.8. The molecule has 45 heteroatoms. The zero-order valence-corrected chi connectivity index (χ0v) is 77.5. The van der Waals surface area contributed by atoms with Crippen LogP contribution in [0.2, 0.25) is 0 Å². The van der Waals surface area contributed by atoms with Crippen molar-refractivity contribution in [2.45, 2.75) is 221 Å². The Hall–Kier alpha value is -14.0. The number of guanidine groups is 1. The minimum absolute atomic E-state index is 0.0166. The van der Waals surface area contributed by atoms with Crippen molar-refractivity contribution >= 4 is 140 Å². The molecule has 17 amide bonds. The highest BCUT2D eigenvalue weighted by Crippen LogP contribution is 2.29.